The van der Waals surface area contributed by atoms with Crippen LogP contribution in [0.3, 0.4) is 0 Å². The molecule has 2 saturated heterocycles. The zero-order chi connectivity index (χ0) is 27.9. The maximum absolute atomic E-state index is 12.8. The Hall–Kier alpha value is -2.86. The summed E-state index contributed by atoms with van der Waals surface area (Å²) in [6.07, 6.45) is -2.29. The lowest BCUT2D eigenvalue weighted by atomic mass is 10.1. The fourth-order valence-electron chi connectivity index (χ4n) is 4.76. The number of benzene rings is 2. The van der Waals surface area contributed by atoms with Gasteiger partial charge in [-0.1, -0.05) is 12.8 Å². The summed E-state index contributed by atoms with van der Waals surface area (Å²) in [5.41, 5.74) is 4.58. The highest BCUT2D eigenvalue weighted by Crippen LogP contribution is 2.33. The molecule has 210 valence electrons. The maximum atomic E-state index is 12.8. The van der Waals surface area contributed by atoms with Crippen LogP contribution in [-0.4, -0.2) is 40.9 Å². The molecule has 2 aliphatic heterocycles. The van der Waals surface area contributed by atoms with Gasteiger partial charge in [-0.15, -0.1) is 0 Å². The monoisotopic (exact) mass is 546 g/mol. The fraction of sp³-hybridized carbons (Fsp3) is 0.538. The average molecular weight is 547 g/mol. The second-order valence-electron chi connectivity index (χ2n) is 9.78. The summed E-state index contributed by atoms with van der Waals surface area (Å²) in [6, 6.07) is 6.62. The molecule has 0 aromatic heterocycles. The highest BCUT2D eigenvalue weighted by Gasteiger charge is 2.33. The molecule has 0 bridgehead atoms. The summed E-state index contributed by atoms with van der Waals surface area (Å²) in [5.74, 6) is 0. The third kappa shape index (κ3) is 9.16. The summed E-state index contributed by atoms with van der Waals surface area (Å²) in [4.78, 5) is 14.2. The van der Waals surface area contributed by atoms with Crippen molar-refractivity contribution in [1.82, 2.24) is 9.80 Å². The molecule has 2 aromatic carbocycles. The Bertz CT molecular complexity index is 1080. The van der Waals surface area contributed by atoms with Crippen molar-refractivity contribution < 1.29 is 31.3 Å². The van der Waals surface area contributed by atoms with Gasteiger partial charge in [-0.2, -0.15) is 26.3 Å². The van der Waals surface area contributed by atoms with Gasteiger partial charge in [0.05, 0.1) is 16.1 Å². The van der Waals surface area contributed by atoms with Crippen LogP contribution in [-0.2, 0) is 25.4 Å². The van der Waals surface area contributed by atoms with Gasteiger partial charge in [0.1, 0.15) is 0 Å². The molecule has 2 N–H and O–H groups in total. The normalized spacial score (nSPS) is 17.5. The van der Waals surface area contributed by atoms with Crippen LogP contribution >= 0.6 is 0 Å². The first-order valence-electron chi connectivity index (χ1n) is 12.6. The molecule has 0 amide bonds. The minimum atomic E-state index is -4.57. The number of non-ortho nitro benzene ring substituents is 1. The fourth-order valence-corrected chi connectivity index (χ4v) is 4.76. The van der Waals surface area contributed by atoms with Gasteiger partial charge in [-0.25, -0.2) is 0 Å². The molecule has 0 unspecified atom stereocenters. The number of nitrogens with two attached hydrogens (primary N) is 1. The molecule has 0 aliphatic carbocycles. The number of nitro benzene ring substituents is 1. The minimum Gasteiger partial charge on any atom is -0.399 e. The number of anilines is 1. The largest absolute Gasteiger partial charge is 0.416 e. The van der Waals surface area contributed by atoms with E-state index in [1.54, 1.807) is 6.07 Å². The van der Waals surface area contributed by atoms with Crippen molar-refractivity contribution in [1.29, 1.82) is 0 Å². The van der Waals surface area contributed by atoms with E-state index in [2.05, 4.69) is 4.90 Å². The topological polar surface area (TPSA) is 75.6 Å². The molecule has 0 saturated carbocycles. The highest BCUT2D eigenvalue weighted by molar-refractivity contribution is 5.45. The first-order valence-corrected chi connectivity index (χ1v) is 12.6. The number of piperidine rings is 2. The molecular formula is C26H32F6N4O2. The summed E-state index contributed by atoms with van der Waals surface area (Å²) < 4.78 is 76.2. The molecule has 2 heterocycles. The zero-order valence-electron chi connectivity index (χ0n) is 21.0. The lowest BCUT2D eigenvalue weighted by Gasteiger charge is -2.26. The van der Waals surface area contributed by atoms with E-state index in [1.807, 2.05) is 4.90 Å². The van der Waals surface area contributed by atoms with E-state index in [4.69, 9.17) is 5.73 Å². The molecule has 0 atom stereocenters. The second kappa shape index (κ2) is 12.8. The lowest BCUT2D eigenvalue weighted by Crippen LogP contribution is -2.29. The molecule has 0 radical (unpaired) electrons. The van der Waals surface area contributed by atoms with Crippen LogP contribution in [0.4, 0.5) is 37.7 Å². The number of nitrogens with zero attached hydrogens (tertiary/aromatic N) is 3. The molecular weight excluding hydrogens is 514 g/mol. The van der Waals surface area contributed by atoms with Crippen molar-refractivity contribution in [2.75, 3.05) is 31.9 Å². The Morgan fingerprint density at radius 1 is 0.684 bits per heavy atom. The van der Waals surface area contributed by atoms with Gasteiger partial charge in [-0.3, -0.25) is 19.9 Å². The molecule has 6 nitrogen and oxygen atoms in total. The van der Waals surface area contributed by atoms with Crippen LogP contribution in [0.5, 0.6) is 0 Å². The minimum absolute atomic E-state index is 0.178. The van der Waals surface area contributed by atoms with E-state index >= 15 is 0 Å². The van der Waals surface area contributed by atoms with E-state index in [1.165, 1.54) is 18.6 Å². The Balaban J connectivity index is 0.000000212. The summed E-state index contributed by atoms with van der Waals surface area (Å²) in [5, 5.41) is 10.7. The first kappa shape index (κ1) is 29.7. The number of hydrogen-bond donors (Lipinski definition) is 1. The number of hydrogen-bond acceptors (Lipinski definition) is 5. The molecule has 2 aliphatic rings. The summed E-state index contributed by atoms with van der Waals surface area (Å²) in [7, 11) is 0. The van der Waals surface area contributed by atoms with E-state index in [-0.39, 0.29) is 5.69 Å². The van der Waals surface area contributed by atoms with Gasteiger partial charge in [0.15, 0.2) is 0 Å². The summed E-state index contributed by atoms with van der Waals surface area (Å²) in [6.45, 7) is 4.43. The van der Waals surface area contributed by atoms with Crippen molar-refractivity contribution in [2.45, 2.75) is 64.0 Å². The Morgan fingerprint density at radius 3 is 1.53 bits per heavy atom. The number of nitrogen functional groups attached to an aromatic ring is 1. The van der Waals surface area contributed by atoms with Gasteiger partial charge < -0.3 is 5.73 Å². The number of rotatable bonds is 5. The van der Waals surface area contributed by atoms with Crippen LogP contribution in [0.25, 0.3) is 0 Å². The van der Waals surface area contributed by atoms with Gasteiger partial charge in [-0.05, 0) is 87.3 Å². The maximum Gasteiger partial charge on any atom is 0.416 e. The first-order chi connectivity index (χ1) is 17.8. The molecule has 12 heteroatoms. The SMILES string of the molecule is Nc1cc(CN2CCCCC2)cc(C(F)(F)F)c1.O=[N+]([O-])c1cc(CN2CCCCC2)cc(C(F)(F)F)c1. The number of likely N-dealkylation sites (tertiary alicyclic amines) is 2. The van der Waals surface area contributed by atoms with Crippen LogP contribution in [0.15, 0.2) is 36.4 Å². The predicted octanol–water partition coefficient (Wildman–Crippen LogP) is 6.87. The highest BCUT2D eigenvalue weighted by atomic mass is 19.4. The van der Waals surface area contributed by atoms with Crippen molar-refractivity contribution in [2.24, 2.45) is 0 Å². The van der Waals surface area contributed by atoms with Crippen molar-refractivity contribution in [3.8, 4) is 0 Å². The zero-order valence-corrected chi connectivity index (χ0v) is 21.0. The van der Waals surface area contributed by atoms with Gasteiger partial charge in [0, 0.05) is 30.9 Å². The molecule has 38 heavy (non-hydrogen) atoms. The molecule has 2 aromatic rings. The van der Waals surface area contributed by atoms with Gasteiger partial charge in [0.2, 0.25) is 0 Å². The predicted molar refractivity (Wildman–Crippen MR) is 132 cm³/mol. The standard InChI is InChI=1S/C13H15F3N2O2.C13H17F3N2/c14-13(15,16)11-6-10(7-12(8-11)18(19)20)9-17-4-2-1-3-5-17;14-13(15,16)11-6-10(7-12(17)8-11)9-18-4-2-1-3-5-18/h6-8H,1-5,9H2;6-8H,1-5,9,17H2. The number of nitro groups is 1. The quantitative estimate of drug-likeness (QED) is 0.192. The van der Waals surface area contributed by atoms with E-state index in [0.29, 0.717) is 30.3 Å². The van der Waals surface area contributed by atoms with Crippen molar-refractivity contribution in [3.05, 3.63) is 68.8 Å². The van der Waals surface area contributed by atoms with Crippen LogP contribution < -0.4 is 5.73 Å². The third-order valence-electron chi connectivity index (χ3n) is 6.57. The molecule has 0 spiro atoms. The third-order valence-corrected chi connectivity index (χ3v) is 6.57. The van der Waals surface area contributed by atoms with E-state index in [9.17, 15) is 36.5 Å². The van der Waals surface area contributed by atoms with Crippen molar-refractivity contribution >= 4 is 11.4 Å². The number of halogens is 6. The van der Waals surface area contributed by atoms with Gasteiger partial charge >= 0.3 is 12.4 Å². The van der Waals surface area contributed by atoms with Crippen LogP contribution in [0.1, 0.15) is 60.8 Å². The smallest absolute Gasteiger partial charge is 0.399 e. The van der Waals surface area contributed by atoms with Crippen molar-refractivity contribution in [3.63, 3.8) is 0 Å². The Morgan fingerprint density at radius 2 is 1.11 bits per heavy atom. The lowest BCUT2D eigenvalue weighted by molar-refractivity contribution is -0.385. The molecule has 2 fully saturated rings. The molecule has 4 rings (SSSR count). The number of alkyl halides is 6. The Kier molecular flexibility index (Phi) is 10.00. The van der Waals surface area contributed by atoms with Crippen LogP contribution in [0.2, 0.25) is 0 Å². The summed E-state index contributed by atoms with van der Waals surface area (Å²) >= 11 is 0. The van der Waals surface area contributed by atoms with Crippen LogP contribution in [0, 0.1) is 10.1 Å². The Labute approximate surface area is 217 Å². The van der Waals surface area contributed by atoms with E-state index in [0.717, 1.165) is 70.4 Å². The van der Waals surface area contributed by atoms with Gasteiger partial charge in [0.25, 0.3) is 5.69 Å². The average Bonchev–Trinajstić information content (AvgIpc) is 2.84. The van der Waals surface area contributed by atoms with E-state index < -0.39 is 34.1 Å². The second-order valence-corrected chi connectivity index (χ2v) is 9.78.